The van der Waals surface area contributed by atoms with Gasteiger partial charge in [-0.25, -0.2) is 4.79 Å². The molecule has 0 saturated heterocycles. The maximum atomic E-state index is 11.4. The number of carbonyl (C=O) groups is 1. The second-order valence-corrected chi connectivity index (χ2v) is 4.04. The predicted molar refractivity (Wildman–Crippen MR) is 66.3 cm³/mol. The molecule has 1 aromatic rings. The predicted octanol–water partition coefficient (Wildman–Crippen LogP) is 1.12. The van der Waals surface area contributed by atoms with E-state index in [1.54, 1.807) is 18.2 Å². The van der Waals surface area contributed by atoms with Crippen molar-refractivity contribution in [3.05, 3.63) is 28.8 Å². The lowest BCUT2D eigenvalue weighted by molar-refractivity contribution is 0.0965. The van der Waals surface area contributed by atoms with E-state index in [0.717, 1.165) is 5.56 Å². The van der Waals surface area contributed by atoms with E-state index < -0.39 is 18.7 Å². The number of aryl methyl sites for hydroxylation is 1. The fourth-order valence-corrected chi connectivity index (χ4v) is 1.30. The summed E-state index contributed by atoms with van der Waals surface area (Å²) in [5, 5.41) is 23.1. The van der Waals surface area contributed by atoms with Crippen LogP contribution in [-0.2, 0) is 0 Å². The van der Waals surface area contributed by atoms with Gasteiger partial charge in [-0.15, -0.1) is 0 Å². The van der Waals surface area contributed by atoms with Crippen LogP contribution in [0.4, 0.5) is 10.5 Å². The van der Waals surface area contributed by atoms with Gasteiger partial charge in [0.2, 0.25) is 0 Å². The van der Waals surface area contributed by atoms with Crippen molar-refractivity contribution in [1.82, 2.24) is 5.32 Å². The largest absolute Gasteiger partial charge is 0.394 e. The summed E-state index contributed by atoms with van der Waals surface area (Å²) in [5.41, 5.74) is 1.49. The van der Waals surface area contributed by atoms with Crippen molar-refractivity contribution in [3.8, 4) is 0 Å². The van der Waals surface area contributed by atoms with Crippen LogP contribution in [0, 0.1) is 6.92 Å². The number of hydrogen-bond donors (Lipinski definition) is 4. The zero-order valence-corrected chi connectivity index (χ0v) is 10.2. The van der Waals surface area contributed by atoms with Crippen LogP contribution in [0.2, 0.25) is 5.02 Å². The molecule has 0 heterocycles. The van der Waals surface area contributed by atoms with Crippen LogP contribution in [0.15, 0.2) is 18.2 Å². The number of hydrogen-bond acceptors (Lipinski definition) is 3. The van der Waals surface area contributed by atoms with E-state index in [4.69, 9.17) is 21.8 Å². The first-order valence-corrected chi connectivity index (χ1v) is 5.50. The number of halogens is 1. The molecule has 0 aliphatic heterocycles. The van der Waals surface area contributed by atoms with Crippen molar-refractivity contribution < 1.29 is 15.0 Å². The van der Waals surface area contributed by atoms with Crippen molar-refractivity contribution in [2.24, 2.45) is 0 Å². The van der Waals surface area contributed by atoms with Gasteiger partial charge in [-0.2, -0.15) is 0 Å². The number of benzene rings is 1. The Labute approximate surface area is 104 Å². The van der Waals surface area contributed by atoms with Crippen LogP contribution in [0.25, 0.3) is 0 Å². The molecule has 0 aliphatic carbocycles. The van der Waals surface area contributed by atoms with Crippen LogP contribution in [-0.4, -0.2) is 35.5 Å². The van der Waals surface area contributed by atoms with Gasteiger partial charge in [0.05, 0.1) is 12.7 Å². The zero-order valence-electron chi connectivity index (χ0n) is 9.40. The molecule has 1 aromatic carbocycles. The van der Waals surface area contributed by atoms with Crippen LogP contribution >= 0.6 is 11.6 Å². The molecule has 5 nitrogen and oxygen atoms in total. The lowest BCUT2D eigenvalue weighted by Crippen LogP contribution is -2.36. The number of carbonyl (C=O) groups excluding carboxylic acids is 1. The van der Waals surface area contributed by atoms with E-state index in [-0.39, 0.29) is 6.54 Å². The molecule has 0 aromatic heterocycles. The highest BCUT2D eigenvalue weighted by Gasteiger charge is 2.06. The molecule has 0 fully saturated rings. The van der Waals surface area contributed by atoms with E-state index in [1.165, 1.54) is 0 Å². The lowest BCUT2D eigenvalue weighted by Gasteiger charge is -2.10. The van der Waals surface area contributed by atoms with Gasteiger partial charge in [0.1, 0.15) is 0 Å². The average molecular weight is 259 g/mol. The molecule has 4 N–H and O–H groups in total. The van der Waals surface area contributed by atoms with Gasteiger partial charge >= 0.3 is 6.03 Å². The molecule has 0 radical (unpaired) electrons. The number of nitrogens with one attached hydrogen (secondary N) is 2. The highest BCUT2D eigenvalue weighted by atomic mass is 35.5. The van der Waals surface area contributed by atoms with E-state index in [9.17, 15) is 4.79 Å². The van der Waals surface area contributed by atoms with Crippen molar-refractivity contribution in [3.63, 3.8) is 0 Å². The summed E-state index contributed by atoms with van der Waals surface area (Å²) in [6.45, 7) is 1.46. The minimum absolute atomic E-state index is 0.0120. The molecular formula is C11H15ClN2O3. The Bertz CT molecular complexity index is 398. The number of anilines is 1. The summed E-state index contributed by atoms with van der Waals surface area (Å²) in [7, 11) is 0. The van der Waals surface area contributed by atoms with Gasteiger partial charge in [-0.05, 0) is 24.6 Å². The van der Waals surface area contributed by atoms with E-state index in [0.29, 0.717) is 10.7 Å². The van der Waals surface area contributed by atoms with Crippen molar-refractivity contribution >= 4 is 23.3 Å². The fraction of sp³-hybridized carbons (Fsp3) is 0.364. The Hall–Kier alpha value is -1.30. The zero-order chi connectivity index (χ0) is 12.8. The number of aliphatic hydroxyl groups is 2. The second-order valence-electron chi connectivity index (χ2n) is 3.64. The van der Waals surface area contributed by atoms with Crippen LogP contribution < -0.4 is 10.6 Å². The van der Waals surface area contributed by atoms with Gasteiger partial charge < -0.3 is 20.8 Å². The number of amides is 2. The smallest absolute Gasteiger partial charge is 0.319 e. The van der Waals surface area contributed by atoms with Gasteiger partial charge in [0.25, 0.3) is 0 Å². The molecule has 0 spiro atoms. The lowest BCUT2D eigenvalue weighted by atomic mass is 10.2. The summed E-state index contributed by atoms with van der Waals surface area (Å²) >= 11 is 5.90. The second kappa shape index (κ2) is 6.44. The molecule has 1 unspecified atom stereocenters. The van der Waals surface area contributed by atoms with E-state index >= 15 is 0 Å². The minimum Gasteiger partial charge on any atom is -0.394 e. The first-order chi connectivity index (χ1) is 8.02. The topological polar surface area (TPSA) is 81.6 Å². The molecule has 17 heavy (non-hydrogen) atoms. The summed E-state index contributed by atoms with van der Waals surface area (Å²) in [4.78, 5) is 11.4. The molecule has 0 bridgehead atoms. The average Bonchev–Trinajstić information content (AvgIpc) is 2.31. The number of aliphatic hydroxyl groups excluding tert-OH is 2. The maximum Gasteiger partial charge on any atom is 0.319 e. The third-order valence-electron chi connectivity index (χ3n) is 2.14. The molecule has 0 saturated carbocycles. The highest BCUT2D eigenvalue weighted by Crippen LogP contribution is 2.19. The standard InChI is InChI=1S/C11H15ClN2O3/c1-7-2-3-8(4-10(7)12)14-11(17)13-5-9(16)6-15/h2-4,9,15-16H,5-6H2,1H3,(H2,13,14,17). The fourth-order valence-electron chi connectivity index (χ4n) is 1.12. The highest BCUT2D eigenvalue weighted by molar-refractivity contribution is 6.31. The summed E-state index contributed by atoms with van der Waals surface area (Å²) in [6, 6.07) is 4.69. The van der Waals surface area contributed by atoms with Gasteiger partial charge in [0.15, 0.2) is 0 Å². The number of rotatable bonds is 4. The van der Waals surface area contributed by atoms with Crippen molar-refractivity contribution in [2.75, 3.05) is 18.5 Å². The first kappa shape index (κ1) is 13.8. The maximum absolute atomic E-state index is 11.4. The molecule has 1 atom stereocenters. The molecular weight excluding hydrogens is 244 g/mol. The molecule has 2 amide bonds. The van der Waals surface area contributed by atoms with Crippen molar-refractivity contribution in [2.45, 2.75) is 13.0 Å². The molecule has 0 aliphatic rings. The summed E-state index contributed by atoms with van der Waals surface area (Å²) in [5.74, 6) is 0. The Morgan fingerprint density at radius 2 is 2.24 bits per heavy atom. The normalized spacial score (nSPS) is 12.0. The SMILES string of the molecule is Cc1ccc(NC(=O)NCC(O)CO)cc1Cl. The summed E-state index contributed by atoms with van der Waals surface area (Å²) in [6.07, 6.45) is -0.956. The third-order valence-corrected chi connectivity index (χ3v) is 2.55. The van der Waals surface area contributed by atoms with Gasteiger partial charge in [-0.3, -0.25) is 0 Å². The van der Waals surface area contributed by atoms with Crippen LogP contribution in [0.1, 0.15) is 5.56 Å². The van der Waals surface area contributed by atoms with Crippen LogP contribution in [0.3, 0.4) is 0 Å². The Morgan fingerprint density at radius 3 is 2.82 bits per heavy atom. The Kier molecular flexibility index (Phi) is 5.21. The first-order valence-electron chi connectivity index (χ1n) is 5.13. The third kappa shape index (κ3) is 4.60. The Balaban J connectivity index is 2.48. The quantitative estimate of drug-likeness (QED) is 0.653. The molecule has 1 rings (SSSR count). The number of urea groups is 1. The van der Waals surface area contributed by atoms with Gasteiger partial charge in [-0.1, -0.05) is 17.7 Å². The monoisotopic (exact) mass is 258 g/mol. The summed E-state index contributed by atoms with van der Waals surface area (Å²) < 4.78 is 0. The van der Waals surface area contributed by atoms with Crippen molar-refractivity contribution in [1.29, 1.82) is 0 Å². The van der Waals surface area contributed by atoms with Gasteiger partial charge in [0, 0.05) is 17.3 Å². The minimum atomic E-state index is -0.956. The molecule has 94 valence electrons. The molecule has 6 heteroatoms. The van der Waals surface area contributed by atoms with E-state index in [2.05, 4.69) is 10.6 Å². The van der Waals surface area contributed by atoms with Crippen LogP contribution in [0.5, 0.6) is 0 Å². The Morgan fingerprint density at radius 1 is 1.53 bits per heavy atom. The van der Waals surface area contributed by atoms with E-state index in [1.807, 2.05) is 6.92 Å².